The van der Waals surface area contributed by atoms with Crippen molar-refractivity contribution in [2.75, 3.05) is 0 Å². The summed E-state index contributed by atoms with van der Waals surface area (Å²) in [6.07, 6.45) is 0.901. The zero-order valence-electron chi connectivity index (χ0n) is 11.5. The monoisotopic (exact) mass is 282 g/mol. The van der Waals surface area contributed by atoms with Gasteiger partial charge in [-0.05, 0) is 41.8 Å². The normalized spacial score (nSPS) is 12.7. The molecule has 0 fully saturated rings. The standard InChI is InChI=1S/C17H18N2S/c1-12-9-10-17(20-12)16(19-18)11-14-7-4-6-13-5-2-3-8-15(13)14/h2-10,16,19H,11,18H2,1H3. The number of rotatable bonds is 4. The van der Waals surface area contributed by atoms with Crippen LogP contribution in [0.25, 0.3) is 10.8 Å². The molecular weight excluding hydrogens is 264 g/mol. The number of nitrogens with two attached hydrogens (primary N) is 1. The van der Waals surface area contributed by atoms with Gasteiger partial charge < -0.3 is 0 Å². The van der Waals surface area contributed by atoms with E-state index in [1.807, 2.05) is 0 Å². The number of aryl methyl sites for hydroxylation is 1. The summed E-state index contributed by atoms with van der Waals surface area (Å²) in [5, 5.41) is 2.59. The zero-order chi connectivity index (χ0) is 13.9. The van der Waals surface area contributed by atoms with Crippen LogP contribution < -0.4 is 11.3 Å². The van der Waals surface area contributed by atoms with E-state index in [0.717, 1.165) is 6.42 Å². The fourth-order valence-corrected chi connectivity index (χ4v) is 3.51. The minimum Gasteiger partial charge on any atom is -0.271 e. The van der Waals surface area contributed by atoms with Gasteiger partial charge in [-0.2, -0.15) is 0 Å². The second-order valence-corrected chi connectivity index (χ2v) is 6.33. The molecule has 3 N–H and O–H groups in total. The van der Waals surface area contributed by atoms with Crippen LogP contribution in [0.3, 0.4) is 0 Å². The lowest BCUT2D eigenvalue weighted by molar-refractivity contribution is 0.562. The van der Waals surface area contributed by atoms with E-state index in [0.29, 0.717) is 0 Å². The number of thiophene rings is 1. The zero-order valence-corrected chi connectivity index (χ0v) is 12.3. The van der Waals surface area contributed by atoms with Crippen molar-refractivity contribution in [3.63, 3.8) is 0 Å². The molecule has 1 aromatic heterocycles. The first-order chi connectivity index (χ1) is 9.78. The highest BCUT2D eigenvalue weighted by atomic mass is 32.1. The van der Waals surface area contributed by atoms with Crippen LogP contribution in [0.1, 0.15) is 21.4 Å². The second kappa shape index (κ2) is 5.75. The van der Waals surface area contributed by atoms with E-state index in [9.17, 15) is 0 Å². The maximum atomic E-state index is 5.76. The van der Waals surface area contributed by atoms with Crippen LogP contribution in [0, 0.1) is 6.92 Å². The molecule has 0 saturated heterocycles. The second-order valence-electron chi connectivity index (χ2n) is 5.01. The van der Waals surface area contributed by atoms with Crippen LogP contribution >= 0.6 is 11.3 Å². The van der Waals surface area contributed by atoms with Crippen LogP contribution in [-0.2, 0) is 6.42 Å². The Labute approximate surface area is 123 Å². The molecule has 0 aliphatic rings. The van der Waals surface area contributed by atoms with Gasteiger partial charge in [0.1, 0.15) is 0 Å². The number of nitrogens with one attached hydrogen (secondary N) is 1. The number of hydrazine groups is 1. The highest BCUT2D eigenvalue weighted by Crippen LogP contribution is 2.28. The lowest BCUT2D eigenvalue weighted by Gasteiger charge is -2.15. The smallest absolute Gasteiger partial charge is 0.0593 e. The molecule has 102 valence electrons. The molecule has 3 aromatic rings. The van der Waals surface area contributed by atoms with E-state index >= 15 is 0 Å². The first-order valence-corrected chi connectivity index (χ1v) is 7.58. The Kier molecular flexibility index (Phi) is 3.83. The largest absolute Gasteiger partial charge is 0.271 e. The van der Waals surface area contributed by atoms with Gasteiger partial charge in [-0.25, -0.2) is 0 Å². The highest BCUT2D eigenvalue weighted by Gasteiger charge is 2.13. The van der Waals surface area contributed by atoms with Crippen LogP contribution in [0.5, 0.6) is 0 Å². The molecule has 0 aliphatic carbocycles. The summed E-state index contributed by atoms with van der Waals surface area (Å²) < 4.78 is 0. The molecule has 0 amide bonds. The molecule has 0 aliphatic heterocycles. The lowest BCUT2D eigenvalue weighted by Crippen LogP contribution is -2.29. The number of fused-ring (bicyclic) bond motifs is 1. The molecule has 1 unspecified atom stereocenters. The first-order valence-electron chi connectivity index (χ1n) is 6.77. The average molecular weight is 282 g/mol. The van der Waals surface area contributed by atoms with Crippen molar-refractivity contribution in [3.05, 3.63) is 69.9 Å². The summed E-state index contributed by atoms with van der Waals surface area (Å²) in [4.78, 5) is 2.61. The summed E-state index contributed by atoms with van der Waals surface area (Å²) >= 11 is 1.80. The Morgan fingerprint density at radius 1 is 1.05 bits per heavy atom. The van der Waals surface area contributed by atoms with E-state index in [-0.39, 0.29) is 6.04 Å². The molecule has 2 aromatic carbocycles. The third-order valence-electron chi connectivity index (χ3n) is 3.61. The predicted octanol–water partition coefficient (Wildman–Crippen LogP) is 3.96. The summed E-state index contributed by atoms with van der Waals surface area (Å²) in [5.41, 5.74) is 4.29. The van der Waals surface area contributed by atoms with Gasteiger partial charge in [0.15, 0.2) is 0 Å². The minimum atomic E-state index is 0.166. The minimum absolute atomic E-state index is 0.166. The maximum absolute atomic E-state index is 5.76. The van der Waals surface area contributed by atoms with Gasteiger partial charge in [-0.1, -0.05) is 42.5 Å². The van der Waals surface area contributed by atoms with Gasteiger partial charge in [-0.15, -0.1) is 11.3 Å². The molecule has 3 heteroatoms. The molecule has 20 heavy (non-hydrogen) atoms. The predicted molar refractivity (Wildman–Crippen MR) is 86.8 cm³/mol. The van der Waals surface area contributed by atoms with Crippen molar-refractivity contribution < 1.29 is 0 Å². The van der Waals surface area contributed by atoms with Gasteiger partial charge in [0.2, 0.25) is 0 Å². The molecule has 2 nitrogen and oxygen atoms in total. The third kappa shape index (κ3) is 2.61. The van der Waals surface area contributed by atoms with Crippen molar-refractivity contribution in [2.24, 2.45) is 5.84 Å². The van der Waals surface area contributed by atoms with E-state index in [4.69, 9.17) is 5.84 Å². The summed E-state index contributed by atoms with van der Waals surface area (Å²) in [6.45, 7) is 2.12. The fourth-order valence-electron chi connectivity index (χ4n) is 2.57. The Morgan fingerprint density at radius 3 is 2.60 bits per heavy atom. The Morgan fingerprint density at radius 2 is 1.85 bits per heavy atom. The molecular formula is C17H18N2S. The van der Waals surface area contributed by atoms with Crippen LogP contribution in [0.2, 0.25) is 0 Å². The summed E-state index contributed by atoms with van der Waals surface area (Å²) in [7, 11) is 0. The van der Waals surface area contributed by atoms with Crippen molar-refractivity contribution in [1.82, 2.24) is 5.43 Å². The SMILES string of the molecule is Cc1ccc(C(Cc2cccc3ccccc23)NN)s1. The molecule has 1 heterocycles. The van der Waals surface area contributed by atoms with Crippen LogP contribution in [0.15, 0.2) is 54.6 Å². The molecule has 0 bridgehead atoms. The molecule has 0 radical (unpaired) electrons. The van der Waals surface area contributed by atoms with Crippen molar-refractivity contribution in [3.8, 4) is 0 Å². The third-order valence-corrected chi connectivity index (χ3v) is 4.72. The van der Waals surface area contributed by atoms with Crippen LogP contribution in [-0.4, -0.2) is 0 Å². The molecule has 0 spiro atoms. The molecule has 1 atom stereocenters. The van der Waals surface area contributed by atoms with E-state index in [1.54, 1.807) is 11.3 Å². The van der Waals surface area contributed by atoms with E-state index < -0.39 is 0 Å². The van der Waals surface area contributed by atoms with Gasteiger partial charge in [0, 0.05) is 9.75 Å². The summed E-state index contributed by atoms with van der Waals surface area (Å²) in [5.74, 6) is 5.76. The fraction of sp³-hybridized carbons (Fsp3) is 0.176. The first kappa shape index (κ1) is 13.3. The van der Waals surface area contributed by atoms with Crippen molar-refractivity contribution >= 4 is 22.1 Å². The quantitative estimate of drug-likeness (QED) is 0.561. The van der Waals surface area contributed by atoms with E-state index in [1.165, 1.54) is 26.1 Å². The van der Waals surface area contributed by atoms with Crippen LogP contribution in [0.4, 0.5) is 0 Å². The lowest BCUT2D eigenvalue weighted by atomic mass is 9.98. The average Bonchev–Trinajstić information content (AvgIpc) is 2.91. The maximum Gasteiger partial charge on any atom is 0.0593 e. The van der Waals surface area contributed by atoms with Gasteiger partial charge in [0.25, 0.3) is 0 Å². The van der Waals surface area contributed by atoms with Gasteiger partial charge in [-0.3, -0.25) is 11.3 Å². The Balaban J connectivity index is 1.95. The number of benzene rings is 2. The molecule has 0 saturated carbocycles. The number of hydrogen-bond donors (Lipinski definition) is 2. The summed E-state index contributed by atoms with van der Waals surface area (Å²) in [6, 6.07) is 19.4. The van der Waals surface area contributed by atoms with Gasteiger partial charge >= 0.3 is 0 Å². The van der Waals surface area contributed by atoms with Crippen molar-refractivity contribution in [2.45, 2.75) is 19.4 Å². The number of hydrogen-bond acceptors (Lipinski definition) is 3. The Bertz CT molecular complexity index is 712. The van der Waals surface area contributed by atoms with E-state index in [2.05, 4.69) is 66.9 Å². The highest BCUT2D eigenvalue weighted by molar-refractivity contribution is 7.12. The topological polar surface area (TPSA) is 38.0 Å². The van der Waals surface area contributed by atoms with Crippen molar-refractivity contribution in [1.29, 1.82) is 0 Å². The molecule has 3 rings (SSSR count). The Hall–Kier alpha value is -1.68. The van der Waals surface area contributed by atoms with Gasteiger partial charge in [0.05, 0.1) is 6.04 Å².